The van der Waals surface area contributed by atoms with E-state index in [9.17, 15) is 0 Å². The van der Waals surface area contributed by atoms with E-state index in [1.165, 1.54) is 16.7 Å². The molecule has 3 nitrogen and oxygen atoms in total. The van der Waals surface area contributed by atoms with E-state index in [2.05, 4.69) is 47.3 Å². The Bertz CT molecular complexity index is 511. The molecule has 20 heavy (non-hydrogen) atoms. The first-order valence-electron chi connectivity index (χ1n) is 7.33. The van der Waals surface area contributed by atoms with E-state index in [0.717, 1.165) is 25.8 Å². The first-order valence-corrected chi connectivity index (χ1v) is 7.33. The van der Waals surface area contributed by atoms with E-state index < -0.39 is 0 Å². The molecule has 0 spiro atoms. The summed E-state index contributed by atoms with van der Waals surface area (Å²) in [7, 11) is 0. The van der Waals surface area contributed by atoms with Crippen LogP contribution in [-0.4, -0.2) is 16.5 Å². The molecule has 0 radical (unpaired) electrons. The Labute approximate surface area is 121 Å². The molecule has 0 aliphatic heterocycles. The Kier molecular flexibility index (Phi) is 5.69. The van der Waals surface area contributed by atoms with Gasteiger partial charge in [-0.2, -0.15) is 0 Å². The average Bonchev–Trinajstić information content (AvgIpc) is 2.48. The standard InChI is InChI=1S/C17H23N3/c1-3-8-20-17(16-11-14(2)12-19-13-16)5-4-15-6-9-18-10-7-15/h6-7,9-13,17,20H,3-5,8H2,1-2H3. The summed E-state index contributed by atoms with van der Waals surface area (Å²) in [4.78, 5) is 8.38. The zero-order chi connectivity index (χ0) is 14.2. The van der Waals surface area contributed by atoms with Gasteiger partial charge in [-0.3, -0.25) is 9.97 Å². The minimum absolute atomic E-state index is 0.371. The van der Waals surface area contributed by atoms with Gasteiger partial charge in [0, 0.05) is 30.8 Å². The molecule has 1 atom stereocenters. The number of hydrogen-bond donors (Lipinski definition) is 1. The van der Waals surface area contributed by atoms with Gasteiger partial charge in [0.1, 0.15) is 0 Å². The van der Waals surface area contributed by atoms with Crippen LogP contribution in [0.2, 0.25) is 0 Å². The Morgan fingerprint density at radius 1 is 1.15 bits per heavy atom. The quantitative estimate of drug-likeness (QED) is 0.836. The van der Waals surface area contributed by atoms with Crippen molar-refractivity contribution < 1.29 is 0 Å². The number of aryl methyl sites for hydroxylation is 2. The second-order valence-electron chi connectivity index (χ2n) is 5.20. The molecule has 0 saturated carbocycles. The van der Waals surface area contributed by atoms with Crippen LogP contribution in [0.25, 0.3) is 0 Å². The summed E-state index contributed by atoms with van der Waals surface area (Å²) in [5.74, 6) is 0. The predicted molar refractivity (Wildman–Crippen MR) is 82.6 cm³/mol. The van der Waals surface area contributed by atoms with Gasteiger partial charge in [0.2, 0.25) is 0 Å². The highest BCUT2D eigenvalue weighted by molar-refractivity contribution is 5.21. The summed E-state index contributed by atoms with van der Waals surface area (Å²) in [6.45, 7) is 5.33. The molecule has 0 bridgehead atoms. The minimum atomic E-state index is 0.371. The Balaban J connectivity index is 2.03. The van der Waals surface area contributed by atoms with Crippen molar-refractivity contribution in [2.45, 2.75) is 39.2 Å². The van der Waals surface area contributed by atoms with Gasteiger partial charge in [-0.05, 0) is 61.6 Å². The number of nitrogens with one attached hydrogen (secondary N) is 1. The van der Waals surface area contributed by atoms with Gasteiger partial charge < -0.3 is 5.32 Å². The van der Waals surface area contributed by atoms with Gasteiger partial charge in [-0.25, -0.2) is 0 Å². The third-order valence-corrected chi connectivity index (χ3v) is 3.41. The molecule has 2 rings (SSSR count). The van der Waals surface area contributed by atoms with Crippen molar-refractivity contribution in [2.75, 3.05) is 6.54 Å². The topological polar surface area (TPSA) is 37.8 Å². The van der Waals surface area contributed by atoms with Crippen LogP contribution in [0.5, 0.6) is 0 Å². The molecular weight excluding hydrogens is 246 g/mol. The zero-order valence-corrected chi connectivity index (χ0v) is 12.3. The van der Waals surface area contributed by atoms with Crippen molar-refractivity contribution in [2.24, 2.45) is 0 Å². The second-order valence-corrected chi connectivity index (χ2v) is 5.20. The highest BCUT2D eigenvalue weighted by Gasteiger charge is 2.11. The number of pyridine rings is 2. The average molecular weight is 269 g/mol. The van der Waals surface area contributed by atoms with Gasteiger partial charge in [0.05, 0.1) is 0 Å². The van der Waals surface area contributed by atoms with Gasteiger partial charge in [0.25, 0.3) is 0 Å². The molecule has 0 saturated heterocycles. The first kappa shape index (κ1) is 14.7. The predicted octanol–water partition coefficient (Wildman–Crippen LogP) is 3.46. The third-order valence-electron chi connectivity index (χ3n) is 3.41. The van der Waals surface area contributed by atoms with Crippen molar-refractivity contribution in [1.29, 1.82) is 0 Å². The van der Waals surface area contributed by atoms with Crippen LogP contribution in [0, 0.1) is 6.92 Å². The molecule has 3 heteroatoms. The summed E-state index contributed by atoms with van der Waals surface area (Å²) in [5, 5.41) is 3.63. The van der Waals surface area contributed by atoms with Crippen LogP contribution < -0.4 is 5.32 Å². The number of rotatable bonds is 7. The summed E-state index contributed by atoms with van der Waals surface area (Å²) < 4.78 is 0. The molecule has 0 aliphatic rings. The van der Waals surface area contributed by atoms with Crippen LogP contribution in [0.15, 0.2) is 43.0 Å². The molecule has 2 heterocycles. The Morgan fingerprint density at radius 3 is 2.65 bits per heavy atom. The molecule has 0 aliphatic carbocycles. The first-order chi connectivity index (χ1) is 9.79. The van der Waals surface area contributed by atoms with Crippen LogP contribution in [0.3, 0.4) is 0 Å². The highest BCUT2D eigenvalue weighted by atomic mass is 14.9. The minimum Gasteiger partial charge on any atom is -0.310 e. The Morgan fingerprint density at radius 2 is 1.95 bits per heavy atom. The molecule has 2 aromatic heterocycles. The molecule has 0 aromatic carbocycles. The van der Waals surface area contributed by atoms with Crippen LogP contribution in [-0.2, 0) is 6.42 Å². The summed E-state index contributed by atoms with van der Waals surface area (Å²) in [6.07, 6.45) is 10.9. The third kappa shape index (κ3) is 4.42. The zero-order valence-electron chi connectivity index (χ0n) is 12.3. The van der Waals surface area contributed by atoms with Gasteiger partial charge in [-0.15, -0.1) is 0 Å². The van der Waals surface area contributed by atoms with Crippen molar-refractivity contribution in [3.8, 4) is 0 Å². The lowest BCUT2D eigenvalue weighted by Gasteiger charge is -2.19. The molecule has 106 valence electrons. The molecule has 1 N–H and O–H groups in total. The number of nitrogens with zero attached hydrogens (tertiary/aromatic N) is 2. The summed E-state index contributed by atoms with van der Waals surface area (Å²) in [5.41, 5.74) is 3.84. The lowest BCUT2D eigenvalue weighted by molar-refractivity contribution is 0.498. The van der Waals surface area contributed by atoms with Crippen molar-refractivity contribution in [3.05, 3.63) is 59.7 Å². The van der Waals surface area contributed by atoms with E-state index >= 15 is 0 Å². The van der Waals surface area contributed by atoms with Gasteiger partial charge in [-0.1, -0.05) is 13.0 Å². The number of aromatic nitrogens is 2. The van der Waals surface area contributed by atoms with Crippen molar-refractivity contribution in [3.63, 3.8) is 0 Å². The van der Waals surface area contributed by atoms with Gasteiger partial charge >= 0.3 is 0 Å². The molecule has 0 fully saturated rings. The summed E-state index contributed by atoms with van der Waals surface area (Å²) in [6, 6.07) is 6.78. The van der Waals surface area contributed by atoms with E-state index in [0.29, 0.717) is 6.04 Å². The molecule has 0 amide bonds. The fraction of sp³-hybridized carbons (Fsp3) is 0.412. The van der Waals surface area contributed by atoms with E-state index in [1.54, 1.807) is 0 Å². The molecule has 1 unspecified atom stereocenters. The van der Waals surface area contributed by atoms with Crippen LogP contribution in [0.4, 0.5) is 0 Å². The maximum absolute atomic E-state index is 4.32. The maximum Gasteiger partial charge on any atom is 0.0338 e. The lowest BCUT2D eigenvalue weighted by atomic mass is 9.99. The Hall–Kier alpha value is -1.74. The molecule has 2 aromatic rings. The van der Waals surface area contributed by atoms with E-state index in [4.69, 9.17) is 0 Å². The summed E-state index contributed by atoms with van der Waals surface area (Å²) >= 11 is 0. The fourth-order valence-corrected chi connectivity index (χ4v) is 2.33. The largest absolute Gasteiger partial charge is 0.310 e. The van der Waals surface area contributed by atoms with Crippen LogP contribution in [0.1, 0.15) is 42.5 Å². The SMILES string of the molecule is CCCNC(CCc1ccncc1)c1cncc(C)c1. The van der Waals surface area contributed by atoms with Crippen LogP contribution >= 0.6 is 0 Å². The smallest absolute Gasteiger partial charge is 0.0338 e. The second kappa shape index (κ2) is 7.75. The monoisotopic (exact) mass is 269 g/mol. The van der Waals surface area contributed by atoms with Crippen molar-refractivity contribution >= 4 is 0 Å². The van der Waals surface area contributed by atoms with Gasteiger partial charge in [0.15, 0.2) is 0 Å². The maximum atomic E-state index is 4.32. The van der Waals surface area contributed by atoms with Crippen molar-refractivity contribution in [1.82, 2.24) is 15.3 Å². The molecular formula is C17H23N3. The van der Waals surface area contributed by atoms with E-state index in [1.807, 2.05) is 24.8 Å². The normalized spacial score (nSPS) is 12.3. The highest BCUT2D eigenvalue weighted by Crippen LogP contribution is 2.19. The lowest BCUT2D eigenvalue weighted by Crippen LogP contribution is -2.23. The fourth-order valence-electron chi connectivity index (χ4n) is 2.33. The number of hydrogen-bond acceptors (Lipinski definition) is 3. The van der Waals surface area contributed by atoms with E-state index in [-0.39, 0.29) is 0 Å².